The Bertz CT molecular complexity index is 2100. The molecule has 19 nitrogen and oxygen atoms in total. The fourth-order valence-electron chi connectivity index (χ4n) is 15.7. The fraction of sp³-hybridized carbons (Fsp3) is 0.922. The normalized spacial score (nSPS) is 25.4. The monoisotopic (exact) mass is 1550 g/mol. The van der Waals surface area contributed by atoms with E-state index in [0.717, 1.165) is 57.8 Å². The van der Waals surface area contributed by atoms with E-state index >= 15 is 0 Å². The predicted molar refractivity (Wildman–Crippen MR) is 439 cm³/mol. The van der Waals surface area contributed by atoms with Gasteiger partial charge in [0.2, 0.25) is 5.91 Å². The molecule has 642 valence electrons. The third-order valence-electron chi connectivity index (χ3n) is 23.0. The lowest BCUT2D eigenvalue weighted by Crippen LogP contribution is -2.66. The maximum atomic E-state index is 13.5. The standard InChI is InChI=1S/C90H169NO18/c1-3-5-7-9-11-13-15-17-19-21-23-25-27-29-31-33-35-36-38-39-41-43-45-47-49-51-53-55-57-59-61-63-65-67-74(95)73(91-78(96)68-66-64-62-60-58-56-54-52-50-48-46-44-42-40-37-34-32-30-28-26-24-22-20-18-16-14-12-10-8-6-4-2)72-104-88-84(102)81(99)86(76(70-93)106-88)109-90-85(103)82(100)87(77(71-94)107-90)108-89-83(101)80(98)79(97)75(69-92)105-89/h16,18,22,24,28,30,73-77,79-90,92-95,97-103H,3-15,17,19-21,23,25-27,29,31-72H2,1-2H3,(H,91,96)/b18-16-,24-22-,30-28-. The van der Waals surface area contributed by atoms with Gasteiger partial charge < -0.3 is 89.9 Å². The first-order valence-electron chi connectivity index (χ1n) is 45.7. The highest BCUT2D eigenvalue weighted by atomic mass is 16.8. The van der Waals surface area contributed by atoms with Crippen LogP contribution in [0.1, 0.15) is 399 Å². The second-order valence-electron chi connectivity index (χ2n) is 32.8. The van der Waals surface area contributed by atoms with Gasteiger partial charge in [0.05, 0.1) is 38.6 Å². The number of hydrogen-bond donors (Lipinski definition) is 12. The van der Waals surface area contributed by atoms with Crippen molar-refractivity contribution in [2.75, 3.05) is 26.4 Å². The van der Waals surface area contributed by atoms with Crippen LogP contribution in [0.2, 0.25) is 0 Å². The van der Waals surface area contributed by atoms with E-state index in [0.29, 0.717) is 12.8 Å². The third kappa shape index (κ3) is 49.0. The number of ether oxygens (including phenoxy) is 6. The van der Waals surface area contributed by atoms with Crippen molar-refractivity contribution < 1.29 is 89.4 Å². The van der Waals surface area contributed by atoms with Crippen LogP contribution >= 0.6 is 0 Å². The summed E-state index contributed by atoms with van der Waals surface area (Å²) in [6.45, 7) is 1.86. The number of carbonyl (C=O) groups excluding carboxylic acids is 1. The SMILES string of the molecule is CCCCCCC/C=C\C/C=C\C/C=C\CCCCCCCCCCCCCCCCCCC(=O)NC(COC1OC(CO)C(OC2OC(CO)C(OC3OC(CO)C(O)C(O)C3O)C(O)C2O)C(O)C1O)C(O)CCCCCCCCCCCCCCCCCCCCCCCCCCCCCCCCCCC. The molecule has 3 aliphatic heterocycles. The van der Waals surface area contributed by atoms with Gasteiger partial charge >= 0.3 is 0 Å². The minimum absolute atomic E-state index is 0.236. The van der Waals surface area contributed by atoms with Gasteiger partial charge in [-0.2, -0.15) is 0 Å². The number of allylic oxidation sites excluding steroid dienone is 6. The Morgan fingerprint density at radius 2 is 0.606 bits per heavy atom. The molecule has 0 aromatic carbocycles. The number of aliphatic hydroxyl groups excluding tert-OH is 11. The van der Waals surface area contributed by atoms with Crippen molar-refractivity contribution in [1.29, 1.82) is 0 Å². The van der Waals surface area contributed by atoms with Crippen LogP contribution in [-0.4, -0.2) is 193 Å². The lowest BCUT2D eigenvalue weighted by molar-refractivity contribution is -0.379. The Morgan fingerprint density at radius 1 is 0.330 bits per heavy atom. The van der Waals surface area contributed by atoms with E-state index in [4.69, 9.17) is 28.4 Å². The van der Waals surface area contributed by atoms with Gasteiger partial charge in [0.15, 0.2) is 18.9 Å². The molecule has 0 aliphatic carbocycles. The number of amides is 1. The predicted octanol–water partition coefficient (Wildman–Crippen LogP) is 17.4. The van der Waals surface area contributed by atoms with E-state index in [1.807, 2.05) is 0 Å². The molecule has 0 spiro atoms. The first-order chi connectivity index (χ1) is 53.3. The Hall–Kier alpha value is -1.99. The fourth-order valence-corrected chi connectivity index (χ4v) is 15.7. The number of unbranched alkanes of at least 4 members (excludes halogenated alkanes) is 53. The quantitative estimate of drug-likeness (QED) is 0.0199. The first kappa shape index (κ1) is 101. The molecule has 19 heteroatoms. The topological polar surface area (TPSA) is 307 Å². The van der Waals surface area contributed by atoms with E-state index in [1.54, 1.807) is 0 Å². The van der Waals surface area contributed by atoms with E-state index in [9.17, 15) is 61.0 Å². The summed E-state index contributed by atoms with van der Waals surface area (Å²) in [6.07, 6.45) is 62.5. The van der Waals surface area contributed by atoms with Gasteiger partial charge in [0.25, 0.3) is 0 Å². The second-order valence-corrected chi connectivity index (χ2v) is 32.8. The van der Waals surface area contributed by atoms with Crippen LogP contribution in [0.3, 0.4) is 0 Å². The van der Waals surface area contributed by atoms with Crippen molar-refractivity contribution in [3.63, 3.8) is 0 Å². The third-order valence-corrected chi connectivity index (χ3v) is 23.0. The zero-order valence-electron chi connectivity index (χ0n) is 69.3. The molecule has 1 amide bonds. The summed E-state index contributed by atoms with van der Waals surface area (Å²) in [5.41, 5.74) is 0. The molecule has 0 aromatic rings. The van der Waals surface area contributed by atoms with Crippen LogP contribution in [0.4, 0.5) is 0 Å². The molecule has 0 aromatic heterocycles. The summed E-state index contributed by atoms with van der Waals surface area (Å²) >= 11 is 0. The Morgan fingerprint density at radius 3 is 0.945 bits per heavy atom. The van der Waals surface area contributed by atoms with Crippen LogP contribution in [0, 0.1) is 0 Å². The Kier molecular flexibility index (Phi) is 65.2. The Balaban J connectivity index is 1.32. The molecular formula is C90H169NO18. The summed E-state index contributed by atoms with van der Waals surface area (Å²) in [6, 6.07) is -0.889. The van der Waals surface area contributed by atoms with Crippen molar-refractivity contribution in [2.24, 2.45) is 0 Å². The average Bonchev–Trinajstić information content (AvgIpc) is 0.782. The highest BCUT2D eigenvalue weighted by Crippen LogP contribution is 2.34. The summed E-state index contributed by atoms with van der Waals surface area (Å²) in [5, 5.41) is 121. The van der Waals surface area contributed by atoms with Gasteiger partial charge in [-0.05, 0) is 51.4 Å². The second kappa shape index (κ2) is 70.2. The van der Waals surface area contributed by atoms with Crippen LogP contribution in [-0.2, 0) is 33.2 Å². The summed E-state index contributed by atoms with van der Waals surface area (Å²) in [7, 11) is 0. The van der Waals surface area contributed by atoms with E-state index in [1.165, 1.54) is 308 Å². The van der Waals surface area contributed by atoms with E-state index < -0.39 is 124 Å². The van der Waals surface area contributed by atoms with Crippen molar-refractivity contribution in [1.82, 2.24) is 5.32 Å². The molecule has 3 saturated heterocycles. The van der Waals surface area contributed by atoms with Crippen LogP contribution in [0.5, 0.6) is 0 Å². The lowest BCUT2D eigenvalue weighted by atomic mass is 9.96. The number of aliphatic hydroxyl groups is 11. The zero-order valence-corrected chi connectivity index (χ0v) is 69.3. The van der Waals surface area contributed by atoms with Gasteiger partial charge in [0.1, 0.15) is 73.2 Å². The molecule has 109 heavy (non-hydrogen) atoms. The van der Waals surface area contributed by atoms with Crippen molar-refractivity contribution in [3.8, 4) is 0 Å². The largest absolute Gasteiger partial charge is 0.394 e. The number of nitrogens with one attached hydrogen (secondary N) is 1. The van der Waals surface area contributed by atoms with Gasteiger partial charge in [-0.25, -0.2) is 0 Å². The van der Waals surface area contributed by atoms with Gasteiger partial charge in [-0.15, -0.1) is 0 Å². The Labute approximate surface area is 663 Å². The van der Waals surface area contributed by atoms with Crippen LogP contribution < -0.4 is 5.32 Å². The summed E-state index contributed by atoms with van der Waals surface area (Å²) < 4.78 is 34.6. The molecule has 17 unspecified atom stereocenters. The maximum absolute atomic E-state index is 13.5. The minimum atomic E-state index is -1.97. The molecule has 17 atom stereocenters. The number of carbonyl (C=O) groups is 1. The van der Waals surface area contributed by atoms with E-state index in [-0.39, 0.29) is 18.9 Å². The first-order valence-corrected chi connectivity index (χ1v) is 45.7. The molecule has 3 aliphatic rings. The van der Waals surface area contributed by atoms with Crippen molar-refractivity contribution in [2.45, 2.75) is 503 Å². The number of rotatable bonds is 75. The van der Waals surface area contributed by atoms with Gasteiger partial charge in [0, 0.05) is 6.42 Å². The van der Waals surface area contributed by atoms with Crippen molar-refractivity contribution >= 4 is 5.91 Å². The molecule has 0 bridgehead atoms. The number of hydrogen-bond acceptors (Lipinski definition) is 18. The smallest absolute Gasteiger partial charge is 0.220 e. The minimum Gasteiger partial charge on any atom is -0.394 e. The highest BCUT2D eigenvalue weighted by Gasteiger charge is 2.54. The van der Waals surface area contributed by atoms with E-state index in [2.05, 4.69) is 55.6 Å². The molecule has 3 heterocycles. The van der Waals surface area contributed by atoms with Crippen molar-refractivity contribution in [3.05, 3.63) is 36.5 Å². The highest BCUT2D eigenvalue weighted by molar-refractivity contribution is 5.76. The molecule has 12 N–H and O–H groups in total. The summed E-state index contributed by atoms with van der Waals surface area (Å²) in [4.78, 5) is 13.5. The zero-order chi connectivity index (χ0) is 78.8. The molecule has 3 rings (SSSR count). The molecule has 0 saturated carbocycles. The van der Waals surface area contributed by atoms with Crippen LogP contribution in [0.25, 0.3) is 0 Å². The molecular weight excluding hydrogens is 1380 g/mol. The lowest BCUT2D eigenvalue weighted by Gasteiger charge is -2.48. The molecule has 0 radical (unpaired) electrons. The van der Waals surface area contributed by atoms with Gasteiger partial charge in [-0.3, -0.25) is 4.79 Å². The maximum Gasteiger partial charge on any atom is 0.220 e. The molecule has 3 fully saturated rings. The average molecular weight is 1550 g/mol. The van der Waals surface area contributed by atoms with Crippen LogP contribution in [0.15, 0.2) is 36.5 Å². The van der Waals surface area contributed by atoms with Gasteiger partial charge in [-0.1, -0.05) is 378 Å². The summed E-state index contributed by atoms with van der Waals surface area (Å²) in [5.74, 6) is -0.236.